The molecule has 5 aliphatic carbocycles. The molecular formula is C49H70ClN3O6. The molecule has 0 bridgehead atoms. The number of esters is 1. The number of carbonyl (C=O) groups excluding carboxylic acids is 2. The molecule has 0 aliphatic heterocycles. The van der Waals surface area contributed by atoms with Gasteiger partial charge in [0.15, 0.2) is 5.78 Å². The van der Waals surface area contributed by atoms with Gasteiger partial charge < -0.3 is 14.7 Å². The second kappa shape index (κ2) is 15.0. The number of hydrogen-bond acceptors (Lipinski definition) is 6. The van der Waals surface area contributed by atoms with Crippen molar-refractivity contribution in [2.75, 3.05) is 20.6 Å². The molecule has 0 spiro atoms. The van der Waals surface area contributed by atoms with Crippen LogP contribution in [-0.2, 0) is 32.1 Å². The molecule has 4 saturated carbocycles. The molecule has 324 valence electrons. The summed E-state index contributed by atoms with van der Waals surface area (Å²) in [5.41, 5.74) is 2.50. The normalized spacial score (nSPS) is 34.0. The first kappa shape index (κ1) is 43.9. The number of carbonyl (C=O) groups is 3. The lowest BCUT2D eigenvalue weighted by Gasteiger charge is -2.72. The number of carboxylic acid groups (broad SMARTS) is 1. The first-order valence-corrected chi connectivity index (χ1v) is 22.7. The number of aliphatic carboxylic acids is 1. The number of allylic oxidation sites excluding steroid dienone is 2. The van der Waals surface area contributed by atoms with Crippen molar-refractivity contribution >= 4 is 29.3 Å². The van der Waals surface area contributed by atoms with Gasteiger partial charge in [0.05, 0.1) is 24.1 Å². The van der Waals surface area contributed by atoms with Crippen molar-refractivity contribution in [3.63, 3.8) is 0 Å². The molecule has 1 N–H and O–H groups in total. The fourth-order valence-electron chi connectivity index (χ4n) is 14.2. The fourth-order valence-corrected chi connectivity index (χ4v) is 14.3. The molecule has 9 nitrogen and oxygen atoms in total. The first-order valence-electron chi connectivity index (χ1n) is 22.3. The number of nitrogens with zero attached hydrogens (tertiary/aromatic N) is 3. The van der Waals surface area contributed by atoms with Gasteiger partial charge in [-0.3, -0.25) is 23.9 Å². The highest BCUT2D eigenvalue weighted by atomic mass is 35.5. The maximum absolute atomic E-state index is 14.5. The van der Waals surface area contributed by atoms with E-state index in [1.165, 1.54) is 5.57 Å². The molecule has 5 aliphatic rings. The van der Waals surface area contributed by atoms with Gasteiger partial charge in [-0.25, -0.2) is 4.68 Å². The molecule has 10 heteroatoms. The summed E-state index contributed by atoms with van der Waals surface area (Å²) in [4.78, 5) is 55.6. The molecule has 4 fully saturated rings. The van der Waals surface area contributed by atoms with Gasteiger partial charge in [-0.2, -0.15) is 0 Å². The molecule has 1 aromatic carbocycles. The number of rotatable bonds is 11. The summed E-state index contributed by atoms with van der Waals surface area (Å²) in [5, 5.41) is 10.3. The van der Waals surface area contributed by atoms with Crippen LogP contribution in [0.2, 0.25) is 5.02 Å². The number of ketones is 1. The Morgan fingerprint density at radius 1 is 0.932 bits per heavy atom. The molecular weight excluding hydrogens is 762 g/mol. The standard InChI is InChI=1S/C49H70ClN3O6/c1-30(2)41-35(54)28-49(27-33-26-39(55)53(52(33)25-24-51(10)11)32-14-12-31(50)13-15-32)23-22-47(8)34(42(41)49)16-17-37-46(7)20-19-38(59-40(56)29-44(3,4)43(57)58)45(5,6)36(46)18-21-48(37,47)9/h12-15,26,30,34,36-38H,16-25,27-29H2,1-11H3,(H,57,58)/t34-,36+,37?,38+,46+,47-,48-,49-/m1/s1. The van der Waals surface area contributed by atoms with Gasteiger partial charge >= 0.3 is 11.9 Å². The zero-order valence-corrected chi connectivity index (χ0v) is 38.4. The third-order valence-corrected chi connectivity index (χ3v) is 17.6. The summed E-state index contributed by atoms with van der Waals surface area (Å²) in [5.74, 6) is 0.121. The number of Topliss-reactive ketones (excluding diaryl/α,β-unsaturated/α-hetero) is 1. The summed E-state index contributed by atoms with van der Waals surface area (Å²) in [7, 11) is 4.11. The topological polar surface area (TPSA) is 111 Å². The number of fused-ring (bicyclic) bond motifs is 7. The third kappa shape index (κ3) is 7.00. The Labute approximate surface area is 357 Å². The van der Waals surface area contributed by atoms with E-state index >= 15 is 0 Å². The van der Waals surface area contributed by atoms with Crippen LogP contribution in [0, 0.1) is 56.2 Å². The predicted octanol–water partition coefficient (Wildman–Crippen LogP) is 9.79. The van der Waals surface area contributed by atoms with Crippen molar-refractivity contribution in [3.8, 4) is 5.69 Å². The van der Waals surface area contributed by atoms with E-state index in [0.717, 1.165) is 74.9 Å². The van der Waals surface area contributed by atoms with Crippen LogP contribution < -0.4 is 5.56 Å². The smallest absolute Gasteiger partial charge is 0.309 e. The van der Waals surface area contributed by atoms with E-state index in [9.17, 15) is 24.3 Å². The number of ether oxygens (including phenoxy) is 1. The van der Waals surface area contributed by atoms with Crippen LogP contribution in [0.15, 0.2) is 46.3 Å². The van der Waals surface area contributed by atoms with Gasteiger partial charge in [-0.05, 0) is 155 Å². The number of hydrogen-bond donors (Lipinski definition) is 1. The van der Waals surface area contributed by atoms with E-state index in [1.807, 2.05) is 30.3 Å². The van der Waals surface area contributed by atoms with Crippen molar-refractivity contribution in [3.05, 3.63) is 62.5 Å². The highest BCUT2D eigenvalue weighted by Gasteiger charge is 2.70. The molecule has 1 heterocycles. The number of aromatic nitrogens is 2. The Morgan fingerprint density at radius 2 is 1.61 bits per heavy atom. The molecule has 8 atom stereocenters. The number of likely N-dealkylation sites (N-methyl/N-ethyl adjacent to an activating group) is 1. The highest BCUT2D eigenvalue weighted by molar-refractivity contribution is 6.30. The van der Waals surface area contributed by atoms with Crippen LogP contribution in [0.1, 0.15) is 132 Å². The summed E-state index contributed by atoms with van der Waals surface area (Å²) in [6.07, 6.45) is 8.75. The first-order chi connectivity index (χ1) is 27.4. The minimum atomic E-state index is -1.17. The lowest BCUT2D eigenvalue weighted by molar-refractivity contribution is -0.233. The van der Waals surface area contributed by atoms with Crippen LogP contribution in [0.25, 0.3) is 5.69 Å². The highest BCUT2D eigenvalue weighted by Crippen LogP contribution is 2.77. The van der Waals surface area contributed by atoms with Crippen LogP contribution in [0.3, 0.4) is 0 Å². The molecule has 7 rings (SSSR count). The van der Waals surface area contributed by atoms with E-state index in [-0.39, 0.29) is 57.0 Å². The fraction of sp³-hybridized carbons (Fsp3) is 0.714. The molecule has 1 aromatic heterocycles. The molecule has 59 heavy (non-hydrogen) atoms. The second-order valence-electron chi connectivity index (χ2n) is 22.0. The summed E-state index contributed by atoms with van der Waals surface area (Å²) >= 11 is 6.28. The molecule has 2 aromatic rings. The third-order valence-electron chi connectivity index (χ3n) is 17.4. The van der Waals surface area contributed by atoms with Crippen molar-refractivity contribution in [2.45, 2.75) is 146 Å². The van der Waals surface area contributed by atoms with Gasteiger partial charge in [0.1, 0.15) is 6.10 Å². The monoisotopic (exact) mass is 831 g/mol. The summed E-state index contributed by atoms with van der Waals surface area (Å²) in [6.45, 7) is 21.2. The average Bonchev–Trinajstić information content (AvgIpc) is 3.60. The zero-order chi connectivity index (χ0) is 43.2. The molecule has 0 amide bonds. The molecule has 0 radical (unpaired) electrons. The minimum absolute atomic E-state index is 0.0107. The number of halogens is 1. The van der Waals surface area contributed by atoms with Crippen LogP contribution in [0.5, 0.6) is 0 Å². The van der Waals surface area contributed by atoms with Gasteiger partial charge in [-0.15, -0.1) is 0 Å². The Hall–Kier alpha value is -3.17. The average molecular weight is 833 g/mol. The van der Waals surface area contributed by atoms with E-state index in [2.05, 4.69) is 72.1 Å². The van der Waals surface area contributed by atoms with Crippen LogP contribution >= 0.6 is 11.6 Å². The molecule has 0 saturated heterocycles. The second-order valence-corrected chi connectivity index (χ2v) is 22.5. The predicted molar refractivity (Wildman–Crippen MR) is 233 cm³/mol. The van der Waals surface area contributed by atoms with Crippen molar-refractivity contribution in [1.29, 1.82) is 0 Å². The Bertz CT molecular complexity index is 2090. The number of benzene rings is 1. The van der Waals surface area contributed by atoms with Gasteiger partial charge in [0.2, 0.25) is 0 Å². The van der Waals surface area contributed by atoms with Crippen molar-refractivity contribution in [2.24, 2.45) is 56.2 Å². The van der Waals surface area contributed by atoms with Gasteiger partial charge in [0, 0.05) is 40.6 Å². The lowest BCUT2D eigenvalue weighted by atomic mass is 9.33. The van der Waals surface area contributed by atoms with E-state index < -0.39 is 17.4 Å². The Balaban J connectivity index is 1.22. The Kier molecular flexibility index (Phi) is 11.2. The molecule has 1 unspecified atom stereocenters. The largest absolute Gasteiger partial charge is 0.481 e. The Morgan fingerprint density at radius 3 is 2.24 bits per heavy atom. The van der Waals surface area contributed by atoms with Crippen molar-refractivity contribution in [1.82, 2.24) is 14.3 Å². The summed E-state index contributed by atoms with van der Waals surface area (Å²) in [6, 6.07) is 9.29. The van der Waals surface area contributed by atoms with Crippen LogP contribution in [-0.4, -0.2) is 63.8 Å². The summed E-state index contributed by atoms with van der Waals surface area (Å²) < 4.78 is 10.2. The maximum atomic E-state index is 14.5. The van der Waals surface area contributed by atoms with E-state index in [1.54, 1.807) is 18.5 Å². The minimum Gasteiger partial charge on any atom is -0.481 e. The van der Waals surface area contributed by atoms with Crippen LogP contribution in [0.4, 0.5) is 0 Å². The SMILES string of the molecule is CC(C)C1=C2[C@H]3CCC4[C@@]5(C)CC[C@H](OC(=O)CC(C)(C)C(=O)O)C(C)(C)[C@@H]5CC[C@@]4(C)[C@]3(C)CC[C@@]2(Cc2cc(=O)n(-c3ccc(Cl)cc3)n2CCN(C)C)CC1=O. The maximum Gasteiger partial charge on any atom is 0.309 e. The quantitative estimate of drug-likeness (QED) is 0.225. The van der Waals surface area contributed by atoms with E-state index in [0.29, 0.717) is 42.0 Å². The van der Waals surface area contributed by atoms with E-state index in [4.69, 9.17) is 16.3 Å². The number of carboxylic acids is 1. The van der Waals surface area contributed by atoms with Crippen molar-refractivity contribution < 1.29 is 24.2 Å². The lowest BCUT2D eigenvalue weighted by Crippen LogP contribution is -2.65. The van der Waals surface area contributed by atoms with Gasteiger partial charge in [-0.1, -0.05) is 65.6 Å². The zero-order valence-electron chi connectivity index (χ0n) is 37.7. The van der Waals surface area contributed by atoms with Gasteiger partial charge in [0.25, 0.3) is 5.56 Å².